The van der Waals surface area contributed by atoms with Crippen molar-refractivity contribution < 1.29 is 23.1 Å². The van der Waals surface area contributed by atoms with Gasteiger partial charge in [0, 0.05) is 12.7 Å². The molecule has 148 valence electrons. The van der Waals surface area contributed by atoms with Gasteiger partial charge in [0.05, 0.1) is 22.4 Å². The van der Waals surface area contributed by atoms with Crippen molar-refractivity contribution in [1.82, 2.24) is 14.7 Å². The number of imidazole rings is 1. The number of fused-ring (bicyclic) bond motifs is 1. The van der Waals surface area contributed by atoms with Gasteiger partial charge < -0.3 is 10.4 Å². The third kappa shape index (κ3) is 4.13. The first-order valence-electron chi connectivity index (χ1n) is 8.50. The van der Waals surface area contributed by atoms with Gasteiger partial charge in [-0.2, -0.15) is 13.2 Å². The lowest BCUT2D eigenvalue weighted by atomic mass is 10.1. The summed E-state index contributed by atoms with van der Waals surface area (Å²) in [5.41, 5.74) is 0.571. The van der Waals surface area contributed by atoms with Crippen LogP contribution in [0.15, 0.2) is 42.6 Å². The van der Waals surface area contributed by atoms with Crippen LogP contribution in [0.4, 0.5) is 13.2 Å². The number of nitrogens with zero attached hydrogens (tertiary/aromatic N) is 2. The highest BCUT2D eigenvalue weighted by Gasteiger charge is 2.31. The number of carbonyl (C=O) groups is 1. The molecule has 0 radical (unpaired) electrons. The SMILES string of the molecule is CCc1nc2ccc(Cl)cn2c1C(=O)NC[C@H](O)c1cccc(C(F)(F)F)c1. The number of aliphatic hydroxyl groups is 1. The van der Waals surface area contributed by atoms with E-state index in [9.17, 15) is 23.1 Å². The molecule has 3 rings (SSSR count). The number of alkyl halides is 3. The van der Waals surface area contributed by atoms with Gasteiger partial charge in [-0.1, -0.05) is 30.7 Å². The van der Waals surface area contributed by atoms with E-state index in [2.05, 4.69) is 10.3 Å². The van der Waals surface area contributed by atoms with Gasteiger partial charge in [-0.3, -0.25) is 9.20 Å². The smallest absolute Gasteiger partial charge is 0.387 e. The number of aliphatic hydroxyl groups excluding tert-OH is 1. The molecule has 0 spiro atoms. The van der Waals surface area contributed by atoms with E-state index in [1.165, 1.54) is 12.1 Å². The first-order valence-corrected chi connectivity index (χ1v) is 8.88. The maximum absolute atomic E-state index is 12.8. The Morgan fingerprint density at radius 3 is 2.75 bits per heavy atom. The quantitative estimate of drug-likeness (QED) is 0.666. The molecule has 0 saturated heterocycles. The maximum atomic E-state index is 12.8. The first kappa shape index (κ1) is 20.2. The Balaban J connectivity index is 1.79. The molecular weight excluding hydrogens is 395 g/mol. The zero-order chi connectivity index (χ0) is 20.5. The summed E-state index contributed by atoms with van der Waals surface area (Å²) in [6, 6.07) is 7.70. The Morgan fingerprint density at radius 2 is 2.07 bits per heavy atom. The summed E-state index contributed by atoms with van der Waals surface area (Å²) in [6.07, 6.45) is -3.75. The first-order chi connectivity index (χ1) is 13.2. The molecule has 0 saturated carbocycles. The molecule has 0 aliphatic rings. The lowest BCUT2D eigenvalue weighted by Crippen LogP contribution is -2.30. The number of aryl methyl sites for hydroxylation is 1. The molecule has 1 atom stereocenters. The van der Waals surface area contributed by atoms with Crippen molar-refractivity contribution in [1.29, 1.82) is 0 Å². The van der Waals surface area contributed by atoms with Gasteiger partial charge in [0.25, 0.3) is 5.91 Å². The molecule has 1 amide bonds. The van der Waals surface area contributed by atoms with Crippen LogP contribution in [0.2, 0.25) is 5.02 Å². The fourth-order valence-electron chi connectivity index (χ4n) is 2.87. The number of hydrogen-bond acceptors (Lipinski definition) is 3. The molecule has 2 aromatic heterocycles. The van der Waals surface area contributed by atoms with Gasteiger partial charge in [-0.05, 0) is 36.2 Å². The summed E-state index contributed by atoms with van der Waals surface area (Å²) in [5.74, 6) is -0.502. The molecule has 5 nitrogen and oxygen atoms in total. The van der Waals surface area contributed by atoms with Gasteiger partial charge in [0.1, 0.15) is 11.3 Å². The minimum absolute atomic E-state index is 0.0621. The van der Waals surface area contributed by atoms with E-state index in [-0.39, 0.29) is 17.8 Å². The minimum Gasteiger partial charge on any atom is -0.387 e. The number of hydrogen-bond donors (Lipinski definition) is 2. The average molecular weight is 412 g/mol. The van der Waals surface area contributed by atoms with Crippen molar-refractivity contribution in [3.8, 4) is 0 Å². The largest absolute Gasteiger partial charge is 0.416 e. The summed E-state index contributed by atoms with van der Waals surface area (Å²) in [5, 5.41) is 13.2. The third-order valence-electron chi connectivity index (χ3n) is 4.26. The number of benzene rings is 1. The number of rotatable bonds is 5. The van der Waals surface area contributed by atoms with E-state index < -0.39 is 23.8 Å². The second-order valence-corrected chi connectivity index (χ2v) is 6.62. The van der Waals surface area contributed by atoms with Gasteiger partial charge in [-0.15, -0.1) is 0 Å². The summed E-state index contributed by atoms with van der Waals surface area (Å²) in [7, 11) is 0. The van der Waals surface area contributed by atoms with Gasteiger partial charge >= 0.3 is 6.18 Å². The monoisotopic (exact) mass is 411 g/mol. The maximum Gasteiger partial charge on any atom is 0.416 e. The molecule has 2 heterocycles. The van der Waals surface area contributed by atoms with Crippen LogP contribution in [-0.2, 0) is 12.6 Å². The number of amides is 1. The molecule has 2 N–H and O–H groups in total. The Kier molecular flexibility index (Phi) is 5.62. The lowest BCUT2D eigenvalue weighted by Gasteiger charge is -2.15. The summed E-state index contributed by atoms with van der Waals surface area (Å²) in [4.78, 5) is 17.0. The summed E-state index contributed by atoms with van der Waals surface area (Å²) >= 11 is 5.99. The van der Waals surface area contributed by atoms with Crippen molar-refractivity contribution in [3.05, 3.63) is 70.1 Å². The van der Waals surface area contributed by atoms with Crippen LogP contribution < -0.4 is 5.32 Å². The molecule has 0 aliphatic heterocycles. The Labute approximate surface area is 163 Å². The molecule has 0 aliphatic carbocycles. The molecule has 1 aromatic carbocycles. The van der Waals surface area contributed by atoms with Crippen molar-refractivity contribution >= 4 is 23.2 Å². The van der Waals surface area contributed by atoms with E-state index in [1.807, 2.05) is 6.92 Å². The molecular formula is C19H17ClF3N3O2. The predicted molar refractivity (Wildman–Crippen MR) is 98.3 cm³/mol. The van der Waals surface area contributed by atoms with Gasteiger partial charge in [-0.25, -0.2) is 4.98 Å². The van der Waals surface area contributed by atoms with E-state index in [4.69, 9.17) is 11.6 Å². The highest BCUT2D eigenvalue weighted by molar-refractivity contribution is 6.30. The standard InChI is InChI=1S/C19H17ClF3N3O2/c1-2-14-17(26-10-13(20)6-7-16(26)25-14)18(28)24-9-15(27)11-4-3-5-12(8-11)19(21,22)23/h3-8,10,15,27H,2,9H2,1H3,(H,24,28)/t15-/m0/s1. The topological polar surface area (TPSA) is 66.6 Å². The highest BCUT2D eigenvalue weighted by Crippen LogP contribution is 2.30. The molecule has 0 fully saturated rings. The van der Waals surface area contributed by atoms with Crippen LogP contribution >= 0.6 is 11.6 Å². The molecule has 28 heavy (non-hydrogen) atoms. The lowest BCUT2D eigenvalue weighted by molar-refractivity contribution is -0.137. The van der Waals surface area contributed by atoms with Crippen molar-refractivity contribution in [3.63, 3.8) is 0 Å². The zero-order valence-electron chi connectivity index (χ0n) is 14.8. The summed E-state index contributed by atoms with van der Waals surface area (Å²) in [6.45, 7) is 1.59. The van der Waals surface area contributed by atoms with Crippen LogP contribution in [0.1, 0.15) is 40.3 Å². The number of aromatic nitrogens is 2. The second kappa shape index (κ2) is 7.81. The van der Waals surface area contributed by atoms with E-state index in [0.29, 0.717) is 22.8 Å². The average Bonchev–Trinajstić information content (AvgIpc) is 3.03. The number of halogens is 4. The van der Waals surface area contributed by atoms with E-state index in [0.717, 1.165) is 12.1 Å². The van der Waals surface area contributed by atoms with Crippen LogP contribution in [0.5, 0.6) is 0 Å². The number of carbonyl (C=O) groups excluding carboxylic acids is 1. The molecule has 0 unspecified atom stereocenters. The molecule has 0 bridgehead atoms. The predicted octanol–water partition coefficient (Wildman–Crippen LogP) is 4.03. The number of pyridine rings is 1. The van der Waals surface area contributed by atoms with Gasteiger partial charge in [0.2, 0.25) is 0 Å². The van der Waals surface area contributed by atoms with E-state index >= 15 is 0 Å². The summed E-state index contributed by atoms with van der Waals surface area (Å²) < 4.78 is 40.0. The minimum atomic E-state index is -4.51. The third-order valence-corrected chi connectivity index (χ3v) is 4.48. The fraction of sp³-hybridized carbons (Fsp3) is 0.263. The Hall–Kier alpha value is -2.58. The highest BCUT2D eigenvalue weighted by atomic mass is 35.5. The van der Waals surface area contributed by atoms with Gasteiger partial charge in [0.15, 0.2) is 0 Å². The van der Waals surface area contributed by atoms with Crippen LogP contribution in [0.25, 0.3) is 5.65 Å². The normalized spacial score (nSPS) is 12.9. The molecule has 9 heteroatoms. The zero-order valence-corrected chi connectivity index (χ0v) is 15.6. The van der Waals surface area contributed by atoms with Crippen LogP contribution in [0, 0.1) is 0 Å². The van der Waals surface area contributed by atoms with Crippen molar-refractivity contribution in [2.75, 3.05) is 6.54 Å². The van der Waals surface area contributed by atoms with Crippen LogP contribution in [-0.4, -0.2) is 26.9 Å². The Bertz CT molecular complexity index is 1020. The molecule has 3 aromatic rings. The fourth-order valence-corrected chi connectivity index (χ4v) is 3.03. The van der Waals surface area contributed by atoms with Crippen LogP contribution in [0.3, 0.4) is 0 Å². The second-order valence-electron chi connectivity index (χ2n) is 6.19. The van der Waals surface area contributed by atoms with Crippen molar-refractivity contribution in [2.45, 2.75) is 25.6 Å². The number of nitrogens with one attached hydrogen (secondary N) is 1. The Morgan fingerprint density at radius 1 is 1.32 bits per heavy atom. The van der Waals surface area contributed by atoms with Crippen molar-refractivity contribution in [2.24, 2.45) is 0 Å². The van der Waals surface area contributed by atoms with E-state index in [1.54, 1.807) is 22.7 Å².